The Morgan fingerprint density at radius 1 is 0.912 bits per heavy atom. The molecular formula is C26H25F7O. The summed E-state index contributed by atoms with van der Waals surface area (Å²) < 4.78 is 94.0. The molecule has 1 aliphatic rings. The second-order valence-electron chi connectivity index (χ2n) is 8.59. The molecule has 1 aliphatic carbocycles. The molecule has 0 bridgehead atoms. The lowest BCUT2D eigenvalue weighted by Crippen LogP contribution is -2.45. The molecule has 0 N–H and O–H groups in total. The topological polar surface area (TPSA) is 9.23 Å². The first-order valence-corrected chi connectivity index (χ1v) is 11.2. The van der Waals surface area contributed by atoms with Crippen LogP contribution in [0.15, 0.2) is 42.5 Å². The molecule has 0 aliphatic heterocycles. The van der Waals surface area contributed by atoms with E-state index in [0.29, 0.717) is 17.5 Å². The van der Waals surface area contributed by atoms with Gasteiger partial charge in [0.05, 0.1) is 0 Å². The van der Waals surface area contributed by atoms with Crippen molar-refractivity contribution >= 4 is 0 Å². The predicted octanol–water partition coefficient (Wildman–Crippen LogP) is 8.17. The largest absolute Gasteiger partial charge is 0.439 e. The van der Waals surface area contributed by atoms with Crippen LogP contribution in [0.5, 0.6) is 5.75 Å². The van der Waals surface area contributed by atoms with Crippen LogP contribution < -0.4 is 4.74 Å². The highest BCUT2D eigenvalue weighted by Gasteiger charge is 2.59. The number of halogens is 7. The second kappa shape index (κ2) is 10.7. The molecule has 8 heteroatoms. The molecule has 1 nitrogen and oxygen atoms in total. The third kappa shape index (κ3) is 6.68. The monoisotopic (exact) mass is 486 g/mol. The minimum atomic E-state index is -5.85. The van der Waals surface area contributed by atoms with E-state index in [1.54, 1.807) is 0 Å². The fourth-order valence-corrected chi connectivity index (χ4v) is 4.23. The van der Waals surface area contributed by atoms with Crippen molar-refractivity contribution in [2.24, 2.45) is 5.92 Å². The van der Waals surface area contributed by atoms with Crippen molar-refractivity contribution in [1.29, 1.82) is 0 Å². The van der Waals surface area contributed by atoms with Crippen molar-refractivity contribution in [2.75, 3.05) is 0 Å². The zero-order chi connectivity index (χ0) is 24.9. The third-order valence-corrected chi connectivity index (χ3v) is 6.04. The van der Waals surface area contributed by atoms with E-state index in [-0.39, 0.29) is 5.56 Å². The SMILES string of the molecule is CCCC1CCC(c2ccc(C#Cc3ccc(OC(F)(F)C(F)C(F)(F)F)c(F)c3)cc2)CC1. The highest BCUT2D eigenvalue weighted by Crippen LogP contribution is 2.38. The minimum Gasteiger partial charge on any atom is -0.427 e. The summed E-state index contributed by atoms with van der Waals surface area (Å²) in [5, 5.41) is 0. The van der Waals surface area contributed by atoms with Crippen LogP contribution in [0.3, 0.4) is 0 Å². The van der Waals surface area contributed by atoms with Crippen LogP contribution >= 0.6 is 0 Å². The Labute approximate surface area is 194 Å². The molecule has 184 valence electrons. The maximum atomic E-state index is 14.1. The van der Waals surface area contributed by atoms with Crippen molar-refractivity contribution in [3.05, 3.63) is 65.0 Å². The average Bonchev–Trinajstić information content (AvgIpc) is 2.79. The fraction of sp³-hybridized carbons (Fsp3) is 0.462. The summed E-state index contributed by atoms with van der Waals surface area (Å²) in [4.78, 5) is 0. The summed E-state index contributed by atoms with van der Waals surface area (Å²) in [7, 11) is 0. The van der Waals surface area contributed by atoms with E-state index in [9.17, 15) is 30.7 Å². The highest BCUT2D eigenvalue weighted by atomic mass is 19.4. The van der Waals surface area contributed by atoms with Crippen LogP contribution in [0.2, 0.25) is 0 Å². The minimum absolute atomic E-state index is 0.0964. The number of alkyl halides is 6. The van der Waals surface area contributed by atoms with Gasteiger partial charge in [0, 0.05) is 11.1 Å². The zero-order valence-corrected chi connectivity index (χ0v) is 18.6. The molecule has 34 heavy (non-hydrogen) atoms. The second-order valence-corrected chi connectivity index (χ2v) is 8.59. The van der Waals surface area contributed by atoms with Crippen LogP contribution in [0, 0.1) is 23.6 Å². The van der Waals surface area contributed by atoms with Crippen molar-refractivity contribution in [2.45, 2.75) is 69.8 Å². The summed E-state index contributed by atoms with van der Waals surface area (Å²) in [5.41, 5.74) is 2.01. The molecule has 0 spiro atoms. The third-order valence-electron chi connectivity index (χ3n) is 6.04. The lowest BCUT2D eigenvalue weighted by atomic mass is 9.77. The number of hydrogen-bond donors (Lipinski definition) is 0. The van der Waals surface area contributed by atoms with Crippen molar-refractivity contribution in [1.82, 2.24) is 0 Å². The van der Waals surface area contributed by atoms with Gasteiger partial charge in [-0.1, -0.05) is 43.7 Å². The molecule has 1 fully saturated rings. The summed E-state index contributed by atoms with van der Waals surface area (Å²) in [6.45, 7) is 2.21. The van der Waals surface area contributed by atoms with Crippen LogP contribution in [0.1, 0.15) is 68.1 Å². The molecule has 0 heterocycles. The lowest BCUT2D eigenvalue weighted by molar-refractivity contribution is -0.305. The van der Waals surface area contributed by atoms with Crippen molar-refractivity contribution < 1.29 is 35.5 Å². The van der Waals surface area contributed by atoms with Gasteiger partial charge in [0.2, 0.25) is 0 Å². The van der Waals surface area contributed by atoms with Gasteiger partial charge in [-0.15, -0.1) is 0 Å². The molecule has 0 saturated heterocycles. The summed E-state index contributed by atoms with van der Waals surface area (Å²) in [5.74, 6) is 4.26. The Hall–Kier alpha value is -2.69. The first kappa shape index (κ1) is 25.9. The quantitative estimate of drug-likeness (QED) is 0.296. The van der Waals surface area contributed by atoms with E-state index < -0.39 is 30.0 Å². The summed E-state index contributed by atoms with van der Waals surface area (Å²) in [6.07, 6.45) is -8.43. The molecule has 1 saturated carbocycles. The number of hydrogen-bond acceptors (Lipinski definition) is 1. The van der Waals surface area contributed by atoms with E-state index in [1.165, 1.54) is 31.2 Å². The average molecular weight is 486 g/mol. The summed E-state index contributed by atoms with van der Waals surface area (Å²) >= 11 is 0. The molecule has 0 amide bonds. The van der Waals surface area contributed by atoms with E-state index in [1.807, 2.05) is 24.3 Å². The Balaban J connectivity index is 1.63. The number of rotatable bonds is 6. The van der Waals surface area contributed by atoms with Gasteiger partial charge in [0.1, 0.15) is 0 Å². The molecule has 2 aromatic carbocycles. The van der Waals surface area contributed by atoms with Crippen molar-refractivity contribution in [3.8, 4) is 17.6 Å². The molecule has 0 aromatic heterocycles. The Morgan fingerprint density at radius 3 is 2.06 bits per heavy atom. The van der Waals surface area contributed by atoms with Crippen molar-refractivity contribution in [3.63, 3.8) is 0 Å². The Bertz CT molecular complexity index is 1010. The van der Waals surface area contributed by atoms with Gasteiger partial charge in [-0.05, 0) is 73.4 Å². The molecule has 2 aromatic rings. The molecule has 3 rings (SSSR count). The van der Waals surface area contributed by atoms with Crippen LogP contribution in [0.4, 0.5) is 30.7 Å². The Kier molecular flexibility index (Phi) is 8.17. The normalized spacial score (nSPS) is 19.8. The number of ether oxygens (including phenoxy) is 1. The van der Waals surface area contributed by atoms with E-state index >= 15 is 0 Å². The number of benzene rings is 2. The smallest absolute Gasteiger partial charge is 0.427 e. The standard InChI is InChI=1S/C26H25F7O/c1-2-3-17-6-11-20(12-7-17)21-13-8-18(9-14-21)4-5-19-10-15-23(22(27)16-19)34-26(32,33)24(28)25(29,30)31/h8-10,13-17,20,24H,2-3,6-7,11-12H2,1H3. The van der Waals surface area contributed by atoms with Gasteiger partial charge in [0.25, 0.3) is 6.17 Å². The van der Waals surface area contributed by atoms with Gasteiger partial charge in [-0.25, -0.2) is 8.78 Å². The zero-order valence-electron chi connectivity index (χ0n) is 18.6. The van der Waals surface area contributed by atoms with Gasteiger partial charge in [0.15, 0.2) is 11.6 Å². The molecule has 1 unspecified atom stereocenters. The molecular weight excluding hydrogens is 461 g/mol. The summed E-state index contributed by atoms with van der Waals surface area (Å²) in [6, 6.07) is 10.3. The Morgan fingerprint density at radius 2 is 1.50 bits per heavy atom. The predicted molar refractivity (Wildman–Crippen MR) is 115 cm³/mol. The molecule has 1 atom stereocenters. The highest BCUT2D eigenvalue weighted by molar-refractivity contribution is 5.45. The molecule has 0 radical (unpaired) electrons. The van der Waals surface area contributed by atoms with Crippen LogP contribution in [0.25, 0.3) is 0 Å². The van der Waals surface area contributed by atoms with Gasteiger partial charge < -0.3 is 4.74 Å². The van der Waals surface area contributed by atoms with E-state index in [0.717, 1.165) is 30.9 Å². The van der Waals surface area contributed by atoms with Crippen LogP contribution in [-0.2, 0) is 0 Å². The maximum Gasteiger partial charge on any atom is 0.439 e. The van der Waals surface area contributed by atoms with E-state index in [4.69, 9.17) is 0 Å². The first-order valence-electron chi connectivity index (χ1n) is 11.2. The van der Waals surface area contributed by atoms with Gasteiger partial charge in [-0.2, -0.15) is 22.0 Å². The van der Waals surface area contributed by atoms with E-state index in [2.05, 4.69) is 23.5 Å². The lowest BCUT2D eigenvalue weighted by Gasteiger charge is -2.28. The fourth-order valence-electron chi connectivity index (χ4n) is 4.23. The first-order chi connectivity index (χ1) is 16.0. The van der Waals surface area contributed by atoms with Crippen LogP contribution in [-0.4, -0.2) is 18.5 Å². The van der Waals surface area contributed by atoms with Gasteiger partial charge >= 0.3 is 12.3 Å². The maximum absolute atomic E-state index is 14.1. The van der Waals surface area contributed by atoms with Gasteiger partial charge in [-0.3, -0.25) is 0 Å².